The summed E-state index contributed by atoms with van der Waals surface area (Å²) in [4.78, 5) is 17.8. The third-order valence-corrected chi connectivity index (χ3v) is 10.9. The van der Waals surface area contributed by atoms with Crippen LogP contribution in [0.2, 0.25) is 0 Å². The van der Waals surface area contributed by atoms with Crippen molar-refractivity contribution in [3.8, 4) is 0 Å². The summed E-state index contributed by atoms with van der Waals surface area (Å²) in [6.45, 7) is 1.94. The van der Waals surface area contributed by atoms with Crippen molar-refractivity contribution in [3.05, 3.63) is 131 Å². The van der Waals surface area contributed by atoms with Crippen molar-refractivity contribution < 1.29 is 38.1 Å². The number of rotatable bonds is 6. The number of hydrogen-bond acceptors (Lipinski definition) is 4. The van der Waals surface area contributed by atoms with Crippen LogP contribution < -0.4 is 31.4 Å². The molecule has 0 unspecified atom stereocenters. The molecule has 0 saturated carbocycles. The molecule has 0 aliphatic carbocycles. The van der Waals surface area contributed by atoms with Crippen molar-refractivity contribution in [2.24, 2.45) is 0 Å². The Morgan fingerprint density at radius 3 is 1.08 bits per heavy atom. The summed E-state index contributed by atoms with van der Waals surface area (Å²) in [5, 5.41) is 23.3. The first-order chi connectivity index (χ1) is 17.8. The van der Waals surface area contributed by atoms with E-state index in [1.165, 1.54) is 25.1 Å². The number of aliphatic carboxylic acids is 2. The van der Waals surface area contributed by atoms with Crippen molar-refractivity contribution in [2.75, 3.05) is 0 Å². The van der Waals surface area contributed by atoms with Crippen molar-refractivity contribution >= 4 is 49.0 Å². The fraction of sp³-hybridized carbons (Fsp3) is 0.0667. The van der Waals surface area contributed by atoms with Crippen molar-refractivity contribution in [2.45, 2.75) is 13.8 Å². The first-order valence-electron chi connectivity index (χ1n) is 11.3. The van der Waals surface area contributed by atoms with Crippen LogP contribution in [0, 0.1) is 0 Å². The third kappa shape index (κ3) is 11.3. The predicted octanol–water partition coefficient (Wildman–Crippen LogP) is 3.11. The van der Waals surface area contributed by atoms with Gasteiger partial charge in [0.1, 0.15) is 0 Å². The standard InChI is InChI=1S/C26H21P2.2C2H4O2.Ru/c1-5-13-23(14-6-1)27(24-15-7-2-8-16-24)21-22-28(25-17-9-3-10-18-25)26-19-11-4-12-20-26;2*1-2(3)4;/h1-21H;2*1H3,(H,3,4);/q;;;+2/p-2. The summed E-state index contributed by atoms with van der Waals surface area (Å²) in [6.07, 6.45) is 0. The number of carboxylic acids is 2. The van der Waals surface area contributed by atoms with Crippen molar-refractivity contribution in [3.63, 3.8) is 0 Å². The molecule has 0 aromatic heterocycles. The van der Waals surface area contributed by atoms with Crippen LogP contribution in [0.5, 0.6) is 0 Å². The molecule has 0 aliphatic rings. The van der Waals surface area contributed by atoms with E-state index in [0.717, 1.165) is 13.8 Å². The van der Waals surface area contributed by atoms with E-state index in [9.17, 15) is 0 Å². The first-order valence-corrected chi connectivity index (χ1v) is 14.9. The second kappa shape index (κ2) is 16.7. The minimum atomic E-state index is -1.08. The Balaban J connectivity index is 0.000000530. The maximum atomic E-state index is 8.89. The van der Waals surface area contributed by atoms with E-state index in [0.29, 0.717) is 0 Å². The van der Waals surface area contributed by atoms with Gasteiger partial charge < -0.3 is 19.8 Å². The van der Waals surface area contributed by atoms with E-state index in [-0.39, 0.29) is 0 Å². The molecule has 0 spiro atoms. The molecule has 37 heavy (non-hydrogen) atoms. The van der Waals surface area contributed by atoms with Gasteiger partial charge in [0.25, 0.3) is 0 Å². The molecule has 0 bridgehead atoms. The molecule has 0 atom stereocenters. The van der Waals surface area contributed by atoms with E-state index >= 15 is 0 Å². The fourth-order valence-corrected chi connectivity index (χ4v) is 9.52. The molecule has 0 amide bonds. The van der Waals surface area contributed by atoms with E-state index in [4.69, 9.17) is 19.8 Å². The number of carboxylic acid groups (broad SMARTS) is 2. The van der Waals surface area contributed by atoms with Gasteiger partial charge in [-0.1, -0.05) is 0 Å². The SMILES string of the molecule is CC(=O)[O-].CC(=O)[O-].[Ru+2][C](=CP(c1ccccc1)c1ccccc1)P(c1ccccc1)c1ccccc1. The normalized spacial score (nSPS) is 10.5. The van der Waals surface area contributed by atoms with Gasteiger partial charge in [0.15, 0.2) is 0 Å². The molecule has 4 rings (SSSR count). The van der Waals surface area contributed by atoms with Gasteiger partial charge in [-0.15, -0.1) is 0 Å². The number of hydrogen-bond donors (Lipinski definition) is 0. The van der Waals surface area contributed by atoms with Crippen molar-refractivity contribution in [1.29, 1.82) is 0 Å². The average molecular weight is 615 g/mol. The molecular weight excluding hydrogens is 587 g/mol. The third-order valence-electron chi connectivity index (χ3n) is 4.54. The van der Waals surface area contributed by atoms with E-state index in [2.05, 4.69) is 145 Å². The zero-order chi connectivity index (χ0) is 27.0. The first kappa shape index (κ1) is 30.3. The van der Waals surface area contributed by atoms with Crippen LogP contribution in [0.15, 0.2) is 131 Å². The van der Waals surface area contributed by atoms with Crippen LogP contribution in [0.3, 0.4) is 0 Å². The number of carbonyl (C=O) groups is 2. The summed E-state index contributed by atoms with van der Waals surface area (Å²) in [7, 11) is -1.15. The number of benzene rings is 4. The molecule has 189 valence electrons. The van der Waals surface area contributed by atoms with Gasteiger partial charge in [-0.25, -0.2) is 0 Å². The van der Waals surface area contributed by atoms with Gasteiger partial charge in [-0.2, -0.15) is 0 Å². The molecule has 4 aromatic rings. The minimum absolute atomic E-state index is 0.567. The molecule has 4 nitrogen and oxygen atoms in total. The second-order valence-corrected chi connectivity index (χ2v) is 13.3. The van der Waals surface area contributed by atoms with E-state index < -0.39 is 27.8 Å². The molecule has 0 heterocycles. The molecule has 7 heteroatoms. The van der Waals surface area contributed by atoms with Gasteiger partial charge in [-0.05, 0) is 13.8 Å². The van der Waals surface area contributed by atoms with Gasteiger partial charge in [-0.3, -0.25) is 0 Å². The van der Waals surface area contributed by atoms with Gasteiger partial charge in [0.05, 0.1) is 0 Å². The van der Waals surface area contributed by atoms with Crippen molar-refractivity contribution in [1.82, 2.24) is 0 Å². The molecule has 4 aromatic carbocycles. The van der Waals surface area contributed by atoms with E-state index in [1.54, 1.807) is 0 Å². The molecule has 0 fully saturated rings. The maximum absolute atomic E-state index is 8.89. The summed E-state index contributed by atoms with van der Waals surface area (Å²) in [5.74, 6) is 0.336. The molecule has 0 saturated heterocycles. The fourth-order valence-electron chi connectivity index (χ4n) is 3.18. The summed E-state index contributed by atoms with van der Waals surface area (Å²) < 4.78 is 1.38. The molecule has 0 N–H and O–H groups in total. The van der Waals surface area contributed by atoms with Crippen LogP contribution >= 0.6 is 15.8 Å². The van der Waals surface area contributed by atoms with Gasteiger partial charge in [0, 0.05) is 11.9 Å². The molecule has 0 radical (unpaired) electrons. The van der Waals surface area contributed by atoms with Crippen LogP contribution in [0.4, 0.5) is 0 Å². The Hall–Kier alpha value is -2.96. The second-order valence-electron chi connectivity index (χ2n) is 7.47. The summed E-state index contributed by atoms with van der Waals surface area (Å²) >= 11 is 2.95. The van der Waals surface area contributed by atoms with Crippen LogP contribution in [0.25, 0.3) is 0 Å². The molecular formula is C30H27O4P2Ru. The topological polar surface area (TPSA) is 80.3 Å². The van der Waals surface area contributed by atoms with E-state index in [1.807, 2.05) is 0 Å². The molecule has 0 aliphatic heterocycles. The van der Waals surface area contributed by atoms with Crippen LogP contribution in [-0.2, 0) is 27.9 Å². The summed E-state index contributed by atoms with van der Waals surface area (Å²) in [6, 6.07) is 43.5. The Bertz CT molecular complexity index is 1150. The Morgan fingerprint density at radius 1 is 0.568 bits per heavy atom. The Morgan fingerprint density at radius 2 is 0.811 bits per heavy atom. The monoisotopic (exact) mass is 615 g/mol. The predicted molar refractivity (Wildman–Crippen MR) is 148 cm³/mol. The zero-order valence-electron chi connectivity index (χ0n) is 20.5. The quantitative estimate of drug-likeness (QED) is 0.247. The average Bonchev–Trinajstić information content (AvgIpc) is 2.89. The number of carbonyl (C=O) groups excluding carboxylic acids is 2. The zero-order valence-corrected chi connectivity index (χ0v) is 24.0. The Kier molecular flexibility index (Phi) is 13.7. The van der Waals surface area contributed by atoms with Gasteiger partial charge in [0.2, 0.25) is 0 Å². The Labute approximate surface area is 231 Å². The van der Waals surface area contributed by atoms with Gasteiger partial charge >= 0.3 is 186 Å². The summed E-state index contributed by atoms with van der Waals surface area (Å²) in [5.41, 5.74) is 0. The van der Waals surface area contributed by atoms with Crippen LogP contribution in [0.1, 0.15) is 13.8 Å². The van der Waals surface area contributed by atoms with Crippen LogP contribution in [-0.4, -0.2) is 11.9 Å².